The Labute approximate surface area is 173 Å². The zero-order chi connectivity index (χ0) is 20.1. The predicted molar refractivity (Wildman–Crippen MR) is 118 cm³/mol. The molecule has 4 aliphatic carbocycles. The van der Waals surface area contributed by atoms with E-state index in [-0.39, 0.29) is 5.41 Å². The number of allylic oxidation sites excluding steroid dienone is 4. The van der Waals surface area contributed by atoms with Gasteiger partial charge in [-0.2, -0.15) is 0 Å². The molecule has 0 radical (unpaired) electrons. The lowest BCUT2D eigenvalue weighted by Crippen LogP contribution is -2.43. The van der Waals surface area contributed by atoms with Crippen molar-refractivity contribution in [3.8, 4) is 0 Å². The molecule has 0 aromatic carbocycles. The van der Waals surface area contributed by atoms with E-state index < -0.39 is 0 Å². The number of carbonyl (C=O) groups excluding carboxylic acids is 1. The number of fused-ring (bicyclic) bond motifs is 4. The molecule has 0 amide bonds. The maximum absolute atomic E-state index is 12.1. The summed E-state index contributed by atoms with van der Waals surface area (Å²) in [5.41, 5.74) is 4.22. The van der Waals surface area contributed by atoms with Crippen LogP contribution in [-0.4, -0.2) is 5.78 Å². The van der Waals surface area contributed by atoms with Gasteiger partial charge in [0.2, 0.25) is 0 Å². The van der Waals surface area contributed by atoms with E-state index >= 15 is 0 Å². The highest BCUT2D eigenvalue weighted by Gasteiger charge is 2.54. The molecule has 1 heteroatoms. The number of ketones is 1. The molecular formula is C27H42O. The molecule has 0 heterocycles. The van der Waals surface area contributed by atoms with E-state index in [0.29, 0.717) is 17.1 Å². The first-order valence-corrected chi connectivity index (χ1v) is 12.2. The molecule has 0 bridgehead atoms. The molecule has 4 rings (SSSR count). The molecule has 4 aliphatic rings. The molecule has 0 saturated heterocycles. The van der Waals surface area contributed by atoms with E-state index in [2.05, 4.69) is 46.8 Å². The van der Waals surface area contributed by atoms with Crippen LogP contribution >= 0.6 is 0 Å². The lowest BCUT2D eigenvalue weighted by molar-refractivity contribution is -0.123. The maximum atomic E-state index is 12.1. The third-order valence-corrected chi connectivity index (χ3v) is 9.56. The standard InChI is InChI=1S/C27H42O/c1-18(2)7-6-8-19(3)23-11-12-24-22-10-9-20-17-21(28)13-15-26(20,4)25(22)14-16-27(23,24)5/h9-10,18-20,23-24H,6-8,11-17H2,1-5H3/t19-,20+,23-,24+,26+,27-/m1/s1. The van der Waals surface area contributed by atoms with Crippen molar-refractivity contribution in [1.29, 1.82) is 0 Å². The van der Waals surface area contributed by atoms with Gasteiger partial charge in [0.25, 0.3) is 0 Å². The van der Waals surface area contributed by atoms with E-state index in [0.717, 1.165) is 42.9 Å². The van der Waals surface area contributed by atoms with Crippen LogP contribution in [0.1, 0.15) is 98.8 Å². The van der Waals surface area contributed by atoms with E-state index in [1.165, 1.54) is 44.9 Å². The summed E-state index contributed by atoms with van der Waals surface area (Å²) in [5, 5.41) is 0. The third-order valence-electron chi connectivity index (χ3n) is 9.56. The van der Waals surface area contributed by atoms with Crippen LogP contribution in [0, 0.1) is 40.4 Å². The monoisotopic (exact) mass is 382 g/mol. The van der Waals surface area contributed by atoms with Crippen LogP contribution in [0.15, 0.2) is 23.3 Å². The number of carbonyl (C=O) groups is 1. The highest BCUT2D eigenvalue weighted by Crippen LogP contribution is 2.64. The van der Waals surface area contributed by atoms with Crippen LogP contribution in [-0.2, 0) is 4.79 Å². The minimum absolute atomic E-state index is 0.264. The molecule has 0 N–H and O–H groups in total. The van der Waals surface area contributed by atoms with Gasteiger partial charge in [-0.1, -0.05) is 71.6 Å². The molecule has 0 spiro atoms. The largest absolute Gasteiger partial charge is 0.300 e. The Hall–Kier alpha value is -0.850. The Bertz CT molecular complexity index is 682. The molecular weight excluding hydrogens is 340 g/mol. The molecule has 28 heavy (non-hydrogen) atoms. The van der Waals surface area contributed by atoms with Crippen molar-refractivity contribution in [3.63, 3.8) is 0 Å². The molecule has 0 aromatic rings. The highest BCUT2D eigenvalue weighted by molar-refractivity contribution is 5.80. The molecule has 2 saturated carbocycles. The number of Topliss-reactive ketones (excluding diaryl/α,β-unsaturated/α-hetero) is 1. The summed E-state index contributed by atoms with van der Waals surface area (Å²) < 4.78 is 0. The average molecular weight is 383 g/mol. The van der Waals surface area contributed by atoms with Gasteiger partial charge in [0.1, 0.15) is 5.78 Å². The van der Waals surface area contributed by atoms with Gasteiger partial charge >= 0.3 is 0 Å². The molecule has 1 nitrogen and oxygen atoms in total. The van der Waals surface area contributed by atoms with Crippen molar-refractivity contribution in [2.45, 2.75) is 98.8 Å². The second kappa shape index (κ2) is 7.44. The molecule has 2 fully saturated rings. The van der Waals surface area contributed by atoms with Crippen LogP contribution in [0.2, 0.25) is 0 Å². The molecule has 0 aliphatic heterocycles. The Morgan fingerprint density at radius 1 is 1.07 bits per heavy atom. The first kappa shape index (κ1) is 20.4. The number of hydrogen-bond acceptors (Lipinski definition) is 1. The summed E-state index contributed by atoms with van der Waals surface area (Å²) in [7, 11) is 0. The van der Waals surface area contributed by atoms with Crippen molar-refractivity contribution < 1.29 is 4.79 Å². The van der Waals surface area contributed by atoms with Gasteiger partial charge in [-0.25, -0.2) is 0 Å². The first-order valence-electron chi connectivity index (χ1n) is 12.2. The Morgan fingerprint density at radius 3 is 2.61 bits per heavy atom. The Morgan fingerprint density at radius 2 is 1.86 bits per heavy atom. The van der Waals surface area contributed by atoms with Crippen LogP contribution in [0.4, 0.5) is 0 Å². The zero-order valence-corrected chi connectivity index (χ0v) is 19.0. The molecule has 6 atom stereocenters. The van der Waals surface area contributed by atoms with Crippen LogP contribution in [0.5, 0.6) is 0 Å². The minimum atomic E-state index is 0.264. The fourth-order valence-corrected chi connectivity index (χ4v) is 7.73. The van der Waals surface area contributed by atoms with E-state index in [1.807, 2.05) is 0 Å². The SMILES string of the molecule is CC(C)CCC[C@@H](C)[C@H]1CC[C@H]2C3=C(CC[C@]12C)[C@@]1(C)CCC(=O)C[C@@H]1C=C3. The lowest BCUT2D eigenvalue weighted by Gasteiger charge is -2.52. The topological polar surface area (TPSA) is 17.1 Å². The van der Waals surface area contributed by atoms with E-state index in [1.54, 1.807) is 11.1 Å². The molecule has 0 unspecified atom stereocenters. The normalized spacial score (nSPS) is 41.1. The fraction of sp³-hybridized carbons (Fsp3) is 0.815. The van der Waals surface area contributed by atoms with Crippen molar-refractivity contribution in [1.82, 2.24) is 0 Å². The quantitative estimate of drug-likeness (QED) is 0.480. The summed E-state index contributed by atoms with van der Waals surface area (Å²) >= 11 is 0. The number of rotatable bonds is 5. The number of hydrogen-bond donors (Lipinski definition) is 0. The average Bonchev–Trinajstić information content (AvgIpc) is 2.99. The maximum Gasteiger partial charge on any atom is 0.133 e. The van der Waals surface area contributed by atoms with Crippen molar-refractivity contribution in [3.05, 3.63) is 23.3 Å². The van der Waals surface area contributed by atoms with Gasteiger partial charge in [0.05, 0.1) is 0 Å². The Kier molecular flexibility index (Phi) is 5.43. The summed E-state index contributed by atoms with van der Waals surface area (Å²) in [6.45, 7) is 12.4. The van der Waals surface area contributed by atoms with Gasteiger partial charge in [0, 0.05) is 12.8 Å². The molecule has 0 aromatic heterocycles. The van der Waals surface area contributed by atoms with Gasteiger partial charge in [-0.15, -0.1) is 0 Å². The summed E-state index contributed by atoms with van der Waals surface area (Å²) in [4.78, 5) is 12.1. The van der Waals surface area contributed by atoms with Gasteiger partial charge in [-0.05, 0) is 78.1 Å². The summed E-state index contributed by atoms with van der Waals surface area (Å²) in [6.07, 6.45) is 17.2. The lowest BCUT2D eigenvalue weighted by atomic mass is 9.52. The second-order valence-electron chi connectivity index (χ2n) is 11.6. The van der Waals surface area contributed by atoms with Crippen LogP contribution < -0.4 is 0 Å². The van der Waals surface area contributed by atoms with E-state index in [4.69, 9.17) is 0 Å². The highest BCUT2D eigenvalue weighted by atomic mass is 16.1. The Balaban J connectivity index is 1.54. The van der Waals surface area contributed by atoms with Crippen LogP contribution in [0.3, 0.4) is 0 Å². The van der Waals surface area contributed by atoms with Gasteiger partial charge in [-0.3, -0.25) is 4.79 Å². The van der Waals surface area contributed by atoms with Gasteiger partial charge in [0.15, 0.2) is 0 Å². The summed E-state index contributed by atoms with van der Waals surface area (Å²) in [5.74, 6) is 4.30. The smallest absolute Gasteiger partial charge is 0.133 e. The second-order valence-corrected chi connectivity index (χ2v) is 11.6. The third kappa shape index (κ3) is 3.25. The summed E-state index contributed by atoms with van der Waals surface area (Å²) in [6, 6.07) is 0. The van der Waals surface area contributed by atoms with Crippen molar-refractivity contribution in [2.24, 2.45) is 40.4 Å². The zero-order valence-electron chi connectivity index (χ0n) is 19.0. The first-order chi connectivity index (χ1) is 13.3. The van der Waals surface area contributed by atoms with Crippen molar-refractivity contribution in [2.75, 3.05) is 0 Å². The predicted octanol–water partition coefficient (Wildman–Crippen LogP) is 7.52. The van der Waals surface area contributed by atoms with E-state index in [9.17, 15) is 4.79 Å². The minimum Gasteiger partial charge on any atom is -0.300 e. The fourth-order valence-electron chi connectivity index (χ4n) is 7.73. The van der Waals surface area contributed by atoms with Gasteiger partial charge < -0.3 is 0 Å². The molecule has 156 valence electrons. The van der Waals surface area contributed by atoms with Crippen molar-refractivity contribution >= 4 is 5.78 Å². The van der Waals surface area contributed by atoms with Crippen LogP contribution in [0.25, 0.3) is 0 Å².